The molecule has 0 radical (unpaired) electrons. The predicted molar refractivity (Wildman–Crippen MR) is 34.8 cm³/mol. The zero-order valence-electron chi connectivity index (χ0n) is 5.59. The minimum absolute atomic E-state index is 0.201. The molecule has 58 valence electrons. The van der Waals surface area contributed by atoms with E-state index in [0.717, 1.165) is 10.9 Å². The van der Waals surface area contributed by atoms with Crippen LogP contribution >= 0.6 is 0 Å². The Morgan fingerprint density at radius 3 is 2.73 bits per heavy atom. The SMILES string of the molecule is Cc1nc([N+](=O)[O-])cn1N=O. The highest BCUT2D eigenvalue weighted by molar-refractivity contribution is 5.16. The van der Waals surface area contributed by atoms with Crippen LogP contribution in [0.15, 0.2) is 11.5 Å². The highest BCUT2D eigenvalue weighted by atomic mass is 16.6. The van der Waals surface area contributed by atoms with Crippen molar-refractivity contribution < 1.29 is 4.92 Å². The predicted octanol–water partition coefficient (Wildman–Crippen LogP) is 0.629. The lowest BCUT2D eigenvalue weighted by molar-refractivity contribution is -0.389. The zero-order valence-corrected chi connectivity index (χ0v) is 5.59. The van der Waals surface area contributed by atoms with E-state index in [1.54, 1.807) is 0 Å². The molecule has 11 heavy (non-hydrogen) atoms. The maximum absolute atomic E-state index is 10.1. The van der Waals surface area contributed by atoms with Crippen LogP contribution in [-0.2, 0) is 0 Å². The van der Waals surface area contributed by atoms with E-state index < -0.39 is 4.92 Å². The molecule has 0 N–H and O–H groups in total. The maximum Gasteiger partial charge on any atom is 0.384 e. The van der Waals surface area contributed by atoms with Crippen LogP contribution in [0, 0.1) is 21.9 Å². The van der Waals surface area contributed by atoms with Crippen molar-refractivity contribution in [1.82, 2.24) is 9.66 Å². The van der Waals surface area contributed by atoms with Gasteiger partial charge in [0.2, 0.25) is 5.82 Å². The van der Waals surface area contributed by atoms with Gasteiger partial charge in [0.05, 0.1) is 5.29 Å². The largest absolute Gasteiger partial charge is 0.384 e. The van der Waals surface area contributed by atoms with Crippen LogP contribution in [0.3, 0.4) is 0 Å². The molecule has 0 fully saturated rings. The summed E-state index contributed by atoms with van der Waals surface area (Å²) in [5.41, 5.74) is 0. The minimum atomic E-state index is -0.686. The number of hydrogen-bond donors (Lipinski definition) is 0. The third kappa shape index (κ3) is 1.20. The summed E-state index contributed by atoms with van der Waals surface area (Å²) in [4.78, 5) is 22.7. The first kappa shape index (κ1) is 7.32. The standard InChI is InChI=1S/C4H4N4O3/c1-3-5-4(8(10)11)2-7(3)6-9/h2H,1H3. The number of nitrogens with zero attached hydrogens (tertiary/aromatic N) is 4. The van der Waals surface area contributed by atoms with Crippen molar-refractivity contribution in [3.05, 3.63) is 27.0 Å². The van der Waals surface area contributed by atoms with Crippen molar-refractivity contribution in [3.8, 4) is 0 Å². The lowest BCUT2D eigenvalue weighted by Crippen LogP contribution is -1.86. The summed E-state index contributed by atoms with van der Waals surface area (Å²) in [5.74, 6) is -0.172. The number of nitroso groups, excluding NO2 is 1. The molecule has 0 unspecified atom stereocenters. The smallest absolute Gasteiger partial charge is 0.358 e. The monoisotopic (exact) mass is 156 g/mol. The average Bonchev–Trinajstić information content (AvgIpc) is 2.31. The summed E-state index contributed by atoms with van der Waals surface area (Å²) >= 11 is 0. The van der Waals surface area contributed by atoms with Gasteiger partial charge in [-0.3, -0.25) is 0 Å². The van der Waals surface area contributed by atoms with E-state index in [9.17, 15) is 15.0 Å². The van der Waals surface area contributed by atoms with E-state index in [4.69, 9.17) is 0 Å². The summed E-state index contributed by atoms with van der Waals surface area (Å²) in [6, 6.07) is 0. The number of aromatic nitrogens is 2. The Bertz CT molecular complexity index is 304. The number of aryl methyl sites for hydroxylation is 1. The highest BCUT2D eigenvalue weighted by Gasteiger charge is 2.14. The second kappa shape index (κ2) is 2.45. The molecule has 1 heterocycles. The Kier molecular flexibility index (Phi) is 1.63. The van der Waals surface area contributed by atoms with E-state index in [1.807, 2.05) is 0 Å². The van der Waals surface area contributed by atoms with Gasteiger partial charge in [-0.05, 0) is 9.91 Å². The van der Waals surface area contributed by atoms with Crippen molar-refractivity contribution in [2.75, 3.05) is 0 Å². The van der Waals surface area contributed by atoms with Gasteiger partial charge in [0.15, 0.2) is 0 Å². The molecule has 0 bridgehead atoms. The molecule has 0 saturated carbocycles. The van der Waals surface area contributed by atoms with Gasteiger partial charge >= 0.3 is 5.82 Å². The first-order valence-electron chi connectivity index (χ1n) is 2.69. The summed E-state index contributed by atoms with van der Waals surface area (Å²) in [6.07, 6.45) is 0.961. The topological polar surface area (TPSA) is 90.4 Å². The van der Waals surface area contributed by atoms with E-state index in [0.29, 0.717) is 0 Å². The van der Waals surface area contributed by atoms with Crippen LogP contribution in [0.2, 0.25) is 0 Å². The van der Waals surface area contributed by atoms with Gasteiger partial charge < -0.3 is 10.1 Å². The lowest BCUT2D eigenvalue weighted by atomic mass is 10.7. The third-order valence-corrected chi connectivity index (χ3v) is 1.12. The van der Waals surface area contributed by atoms with E-state index in [1.165, 1.54) is 6.92 Å². The fourth-order valence-corrected chi connectivity index (χ4v) is 0.619. The molecular formula is C4H4N4O3. The van der Waals surface area contributed by atoms with Crippen molar-refractivity contribution in [3.63, 3.8) is 0 Å². The fraction of sp³-hybridized carbons (Fsp3) is 0.250. The zero-order chi connectivity index (χ0) is 8.43. The number of hydrogen-bond acceptors (Lipinski definition) is 5. The molecule has 0 aromatic carbocycles. The van der Waals surface area contributed by atoms with Crippen LogP contribution in [0.5, 0.6) is 0 Å². The Balaban J connectivity index is 3.14. The second-order valence-corrected chi connectivity index (χ2v) is 1.83. The summed E-state index contributed by atoms with van der Waals surface area (Å²) in [5, 5.41) is 12.5. The van der Waals surface area contributed by atoms with Crippen LogP contribution in [0.25, 0.3) is 0 Å². The van der Waals surface area contributed by atoms with Crippen molar-refractivity contribution in [1.29, 1.82) is 0 Å². The van der Waals surface area contributed by atoms with Crippen LogP contribution < -0.4 is 0 Å². The first-order valence-corrected chi connectivity index (χ1v) is 2.69. The van der Waals surface area contributed by atoms with E-state index in [-0.39, 0.29) is 11.6 Å². The van der Waals surface area contributed by atoms with Crippen LogP contribution in [-0.4, -0.2) is 14.6 Å². The van der Waals surface area contributed by atoms with Gasteiger partial charge in [0.25, 0.3) is 0 Å². The molecule has 7 nitrogen and oxygen atoms in total. The van der Waals surface area contributed by atoms with Gasteiger partial charge in [0.1, 0.15) is 6.20 Å². The summed E-state index contributed by atoms with van der Waals surface area (Å²) in [6.45, 7) is 1.45. The molecule has 0 aliphatic heterocycles. The minimum Gasteiger partial charge on any atom is -0.358 e. The normalized spacial score (nSPS) is 9.55. The van der Waals surface area contributed by atoms with Crippen molar-refractivity contribution >= 4 is 5.82 Å². The molecule has 0 amide bonds. The summed E-state index contributed by atoms with van der Waals surface area (Å²) < 4.78 is 0.804. The molecule has 1 aromatic rings. The van der Waals surface area contributed by atoms with Gasteiger partial charge in [0, 0.05) is 6.92 Å². The fourth-order valence-electron chi connectivity index (χ4n) is 0.619. The van der Waals surface area contributed by atoms with Crippen molar-refractivity contribution in [2.45, 2.75) is 6.92 Å². The Labute approximate surface area is 60.8 Å². The number of nitro groups is 1. The Hall–Kier alpha value is -1.79. The van der Waals surface area contributed by atoms with Crippen molar-refractivity contribution in [2.24, 2.45) is 5.29 Å². The molecule has 0 spiro atoms. The number of rotatable bonds is 2. The lowest BCUT2D eigenvalue weighted by Gasteiger charge is -1.81. The molecule has 0 aliphatic rings. The van der Waals surface area contributed by atoms with Gasteiger partial charge in [-0.1, -0.05) is 0 Å². The molecule has 0 aliphatic carbocycles. The molecule has 0 saturated heterocycles. The van der Waals surface area contributed by atoms with Crippen LogP contribution in [0.4, 0.5) is 5.82 Å². The molecular weight excluding hydrogens is 152 g/mol. The summed E-state index contributed by atoms with van der Waals surface area (Å²) in [7, 11) is 0. The highest BCUT2D eigenvalue weighted by Crippen LogP contribution is 2.08. The first-order chi connectivity index (χ1) is 5.15. The maximum atomic E-state index is 10.1. The van der Waals surface area contributed by atoms with Gasteiger partial charge in [-0.2, -0.15) is 4.68 Å². The Morgan fingerprint density at radius 1 is 1.82 bits per heavy atom. The molecule has 1 rings (SSSR count). The molecule has 0 atom stereocenters. The molecule has 7 heteroatoms. The average molecular weight is 156 g/mol. The quantitative estimate of drug-likeness (QED) is 0.356. The third-order valence-electron chi connectivity index (χ3n) is 1.12. The number of imidazole rings is 1. The molecule has 1 aromatic heterocycles. The van der Waals surface area contributed by atoms with Gasteiger partial charge in [-0.15, -0.1) is 4.91 Å². The van der Waals surface area contributed by atoms with Gasteiger partial charge in [-0.25, -0.2) is 0 Å². The Morgan fingerprint density at radius 2 is 2.45 bits per heavy atom. The van der Waals surface area contributed by atoms with E-state index >= 15 is 0 Å². The second-order valence-electron chi connectivity index (χ2n) is 1.83. The van der Waals surface area contributed by atoms with E-state index in [2.05, 4.69) is 10.3 Å². The van der Waals surface area contributed by atoms with Crippen LogP contribution in [0.1, 0.15) is 5.82 Å².